The molecule has 2 aromatic rings. The van der Waals surface area contributed by atoms with Gasteiger partial charge in [-0.25, -0.2) is 0 Å². The summed E-state index contributed by atoms with van der Waals surface area (Å²) in [5.74, 6) is 0.00127. The average molecular weight is 247 g/mol. The molecule has 2 N–H and O–H groups in total. The molecule has 0 aliphatic heterocycles. The molecule has 0 spiro atoms. The van der Waals surface area contributed by atoms with E-state index in [1.54, 1.807) is 42.7 Å². The van der Waals surface area contributed by atoms with Gasteiger partial charge in [0.1, 0.15) is 0 Å². The van der Waals surface area contributed by atoms with Gasteiger partial charge in [0.2, 0.25) is 0 Å². The van der Waals surface area contributed by atoms with Crippen molar-refractivity contribution in [1.29, 1.82) is 0 Å². The fraction of sp³-hybridized carbons (Fsp3) is 0.0769. The number of carbonyl (C=O) groups is 1. The van der Waals surface area contributed by atoms with Gasteiger partial charge in [-0.15, -0.1) is 0 Å². The van der Waals surface area contributed by atoms with Crippen LogP contribution < -0.4 is 5.73 Å². The molecule has 0 radical (unpaired) electrons. The van der Waals surface area contributed by atoms with Gasteiger partial charge >= 0.3 is 0 Å². The number of aromatic nitrogens is 1. The Bertz CT molecular complexity index is 537. The molecule has 0 atom stereocenters. The number of anilines is 1. The van der Waals surface area contributed by atoms with Gasteiger partial charge in [-0.05, 0) is 30.3 Å². The van der Waals surface area contributed by atoms with Crippen LogP contribution in [0.25, 0.3) is 0 Å². The highest BCUT2D eigenvalue weighted by atomic mass is 35.5. The molecule has 0 saturated heterocycles. The summed E-state index contributed by atoms with van der Waals surface area (Å²) in [6, 6.07) is 8.49. The number of nitrogens with two attached hydrogens (primary N) is 1. The number of ketones is 1. The standard InChI is InChI=1S/C13H11ClN2O/c14-11-3-1-9(2-4-11)13(17)7-10-8-16-6-5-12(10)15/h1-6,8H,7H2,(H2,15,16). The highest BCUT2D eigenvalue weighted by Gasteiger charge is 2.09. The molecule has 1 aromatic heterocycles. The van der Waals surface area contributed by atoms with Crippen molar-refractivity contribution in [3.63, 3.8) is 0 Å². The second-order valence-electron chi connectivity index (χ2n) is 3.68. The minimum Gasteiger partial charge on any atom is -0.398 e. The molecule has 0 amide bonds. The number of halogens is 1. The molecule has 0 aliphatic carbocycles. The van der Waals surface area contributed by atoms with Gasteiger partial charge < -0.3 is 5.73 Å². The van der Waals surface area contributed by atoms with Crippen LogP contribution >= 0.6 is 11.6 Å². The monoisotopic (exact) mass is 246 g/mol. The summed E-state index contributed by atoms with van der Waals surface area (Å²) in [7, 11) is 0. The Hall–Kier alpha value is -1.87. The maximum atomic E-state index is 12.0. The third kappa shape index (κ3) is 2.82. The fourth-order valence-electron chi connectivity index (χ4n) is 1.50. The molecule has 0 fully saturated rings. The van der Waals surface area contributed by atoms with E-state index in [0.29, 0.717) is 16.3 Å². The smallest absolute Gasteiger partial charge is 0.167 e. The SMILES string of the molecule is Nc1ccncc1CC(=O)c1ccc(Cl)cc1. The number of pyridine rings is 1. The average Bonchev–Trinajstić information content (AvgIpc) is 2.33. The summed E-state index contributed by atoms with van der Waals surface area (Å²) >= 11 is 5.76. The highest BCUT2D eigenvalue weighted by Crippen LogP contribution is 2.15. The van der Waals surface area contributed by atoms with Crippen LogP contribution in [0.4, 0.5) is 5.69 Å². The highest BCUT2D eigenvalue weighted by molar-refractivity contribution is 6.30. The second-order valence-corrected chi connectivity index (χ2v) is 4.12. The third-order valence-electron chi connectivity index (χ3n) is 2.46. The van der Waals surface area contributed by atoms with Crippen LogP contribution in [-0.4, -0.2) is 10.8 Å². The molecular formula is C13H11ClN2O. The summed E-state index contributed by atoms with van der Waals surface area (Å²) < 4.78 is 0. The molecule has 0 saturated carbocycles. The summed E-state index contributed by atoms with van der Waals surface area (Å²) in [5, 5.41) is 0.613. The summed E-state index contributed by atoms with van der Waals surface area (Å²) in [6.45, 7) is 0. The Labute approximate surface area is 104 Å². The Morgan fingerprint density at radius 2 is 1.94 bits per heavy atom. The minimum absolute atomic E-state index is 0.00127. The van der Waals surface area contributed by atoms with Gasteiger partial charge in [0.05, 0.1) is 0 Å². The lowest BCUT2D eigenvalue weighted by molar-refractivity contribution is 0.0993. The number of rotatable bonds is 3. The van der Waals surface area contributed by atoms with E-state index in [1.807, 2.05) is 0 Å². The molecule has 3 nitrogen and oxygen atoms in total. The lowest BCUT2D eigenvalue weighted by Gasteiger charge is -2.04. The molecular weight excluding hydrogens is 236 g/mol. The van der Waals surface area contributed by atoms with E-state index in [2.05, 4.69) is 4.98 Å². The van der Waals surface area contributed by atoms with Crippen molar-refractivity contribution < 1.29 is 4.79 Å². The largest absolute Gasteiger partial charge is 0.398 e. The van der Waals surface area contributed by atoms with Crippen molar-refractivity contribution in [2.24, 2.45) is 0 Å². The molecule has 2 rings (SSSR count). The van der Waals surface area contributed by atoms with Crippen LogP contribution in [-0.2, 0) is 6.42 Å². The number of Topliss-reactive ketones (excluding diaryl/α,β-unsaturated/α-hetero) is 1. The quantitative estimate of drug-likeness (QED) is 0.848. The minimum atomic E-state index is 0.00127. The lowest BCUT2D eigenvalue weighted by atomic mass is 10.0. The van der Waals surface area contributed by atoms with Crippen LogP contribution in [0.1, 0.15) is 15.9 Å². The van der Waals surface area contributed by atoms with Gasteiger partial charge in [-0.1, -0.05) is 11.6 Å². The zero-order valence-electron chi connectivity index (χ0n) is 9.06. The summed E-state index contributed by atoms with van der Waals surface area (Å²) in [4.78, 5) is 15.9. The number of hydrogen-bond donors (Lipinski definition) is 1. The number of nitrogen functional groups attached to an aromatic ring is 1. The van der Waals surface area contributed by atoms with E-state index in [9.17, 15) is 4.79 Å². The van der Waals surface area contributed by atoms with Crippen molar-refractivity contribution in [2.75, 3.05) is 5.73 Å². The maximum absolute atomic E-state index is 12.0. The third-order valence-corrected chi connectivity index (χ3v) is 2.71. The van der Waals surface area contributed by atoms with Crippen LogP contribution in [0.3, 0.4) is 0 Å². The normalized spacial score (nSPS) is 10.2. The summed E-state index contributed by atoms with van der Waals surface area (Å²) in [6.07, 6.45) is 3.47. The molecule has 0 aliphatic rings. The predicted octanol–water partition coefficient (Wildman–Crippen LogP) is 2.74. The van der Waals surface area contributed by atoms with Gasteiger partial charge in [0.25, 0.3) is 0 Å². The second kappa shape index (κ2) is 4.97. The molecule has 17 heavy (non-hydrogen) atoms. The van der Waals surface area contributed by atoms with Gasteiger partial charge in [0, 0.05) is 40.7 Å². The van der Waals surface area contributed by atoms with E-state index in [0.717, 1.165) is 5.56 Å². The van der Waals surface area contributed by atoms with E-state index in [-0.39, 0.29) is 12.2 Å². The van der Waals surface area contributed by atoms with Crippen molar-refractivity contribution in [2.45, 2.75) is 6.42 Å². The first-order valence-electron chi connectivity index (χ1n) is 5.14. The Morgan fingerprint density at radius 3 is 2.59 bits per heavy atom. The van der Waals surface area contributed by atoms with E-state index in [1.165, 1.54) is 0 Å². The first kappa shape index (κ1) is 11.6. The molecule has 86 valence electrons. The molecule has 1 heterocycles. The predicted molar refractivity (Wildman–Crippen MR) is 68.1 cm³/mol. The van der Waals surface area contributed by atoms with Crippen molar-refractivity contribution in [1.82, 2.24) is 4.98 Å². The maximum Gasteiger partial charge on any atom is 0.167 e. The van der Waals surface area contributed by atoms with Gasteiger partial charge in [0.15, 0.2) is 5.78 Å². The van der Waals surface area contributed by atoms with E-state index < -0.39 is 0 Å². The van der Waals surface area contributed by atoms with Crippen molar-refractivity contribution >= 4 is 23.1 Å². The fourth-order valence-corrected chi connectivity index (χ4v) is 1.62. The molecule has 0 unspecified atom stereocenters. The van der Waals surface area contributed by atoms with Crippen LogP contribution in [0.5, 0.6) is 0 Å². The van der Waals surface area contributed by atoms with E-state index in [4.69, 9.17) is 17.3 Å². The van der Waals surface area contributed by atoms with Gasteiger partial charge in [-0.3, -0.25) is 9.78 Å². The molecule has 0 bridgehead atoms. The Morgan fingerprint density at radius 1 is 1.24 bits per heavy atom. The lowest BCUT2D eigenvalue weighted by Crippen LogP contribution is -2.06. The number of carbonyl (C=O) groups excluding carboxylic acids is 1. The van der Waals surface area contributed by atoms with Crippen LogP contribution in [0.2, 0.25) is 5.02 Å². The van der Waals surface area contributed by atoms with Crippen molar-refractivity contribution in [3.05, 3.63) is 58.9 Å². The van der Waals surface area contributed by atoms with Crippen LogP contribution in [0.15, 0.2) is 42.7 Å². The first-order chi connectivity index (χ1) is 8.16. The molecule has 1 aromatic carbocycles. The summed E-state index contributed by atoms with van der Waals surface area (Å²) in [5.41, 5.74) is 7.71. The Balaban J connectivity index is 2.17. The van der Waals surface area contributed by atoms with Crippen LogP contribution in [0, 0.1) is 0 Å². The van der Waals surface area contributed by atoms with Crippen molar-refractivity contribution in [3.8, 4) is 0 Å². The molecule has 4 heteroatoms. The zero-order chi connectivity index (χ0) is 12.3. The van der Waals surface area contributed by atoms with Gasteiger partial charge in [-0.2, -0.15) is 0 Å². The number of nitrogens with zero attached hydrogens (tertiary/aromatic N) is 1. The first-order valence-corrected chi connectivity index (χ1v) is 5.52. The Kier molecular flexibility index (Phi) is 3.40. The topological polar surface area (TPSA) is 56.0 Å². The zero-order valence-corrected chi connectivity index (χ0v) is 9.82. The number of benzene rings is 1. The number of hydrogen-bond acceptors (Lipinski definition) is 3. The van der Waals surface area contributed by atoms with E-state index >= 15 is 0 Å².